The monoisotopic (exact) mass is 1150 g/mol. The van der Waals surface area contributed by atoms with Gasteiger partial charge in [-0.2, -0.15) is 0 Å². The fraction of sp³-hybridized carbons (Fsp3) is 0.675. The van der Waals surface area contributed by atoms with Crippen LogP contribution in [0.15, 0.2) is 134 Å². The molecule has 6 heteroatoms. The largest absolute Gasteiger partial charge is 0.462 e. The summed E-state index contributed by atoms with van der Waals surface area (Å²) in [6, 6.07) is 0. The van der Waals surface area contributed by atoms with E-state index in [4.69, 9.17) is 14.2 Å². The number of hydrogen-bond acceptors (Lipinski definition) is 6. The maximum Gasteiger partial charge on any atom is 0.306 e. The zero-order chi connectivity index (χ0) is 59.9. The van der Waals surface area contributed by atoms with Crippen LogP contribution >= 0.6 is 0 Å². The number of carbonyl (C=O) groups is 3. The first-order valence-corrected chi connectivity index (χ1v) is 34.7. The molecule has 6 nitrogen and oxygen atoms in total. The Labute approximate surface area is 513 Å². The Morgan fingerprint density at radius 2 is 0.494 bits per heavy atom. The smallest absolute Gasteiger partial charge is 0.306 e. The van der Waals surface area contributed by atoms with E-state index in [1.165, 1.54) is 154 Å². The number of esters is 3. The summed E-state index contributed by atoms with van der Waals surface area (Å²) in [5.41, 5.74) is 0. The molecule has 83 heavy (non-hydrogen) atoms. The highest BCUT2D eigenvalue weighted by molar-refractivity contribution is 5.71. The SMILES string of the molecule is CC/C=C\C/C=C\C/C=C\C/C=C\CCCCCCCCC(=O)OC(COC(=O)CC/C=C\C/C=C\C/C=C\C/C=C\CC)COC(=O)CCCCCCCCCCCCCCCCCCCC/C=C\C/C=C\C/C=C\CCCCCCC. The molecule has 0 aromatic carbocycles. The van der Waals surface area contributed by atoms with Crippen LogP contribution in [0.25, 0.3) is 0 Å². The van der Waals surface area contributed by atoms with Crippen LogP contribution in [0.2, 0.25) is 0 Å². The van der Waals surface area contributed by atoms with E-state index >= 15 is 0 Å². The first-order chi connectivity index (χ1) is 41.0. The topological polar surface area (TPSA) is 78.9 Å². The molecule has 0 radical (unpaired) electrons. The van der Waals surface area contributed by atoms with Crippen LogP contribution < -0.4 is 0 Å². The summed E-state index contributed by atoms with van der Waals surface area (Å²) < 4.78 is 16.9. The zero-order valence-corrected chi connectivity index (χ0v) is 54.2. The molecule has 0 fully saturated rings. The first-order valence-electron chi connectivity index (χ1n) is 34.7. The van der Waals surface area contributed by atoms with Crippen molar-refractivity contribution < 1.29 is 28.6 Å². The Bertz CT molecular complexity index is 1750. The lowest BCUT2D eigenvalue weighted by Crippen LogP contribution is -2.30. The average molecular weight is 1150 g/mol. The lowest BCUT2D eigenvalue weighted by atomic mass is 10.0. The lowest BCUT2D eigenvalue weighted by molar-refractivity contribution is -0.166. The number of carbonyl (C=O) groups excluding carboxylic acids is 3. The van der Waals surface area contributed by atoms with Crippen molar-refractivity contribution in [2.75, 3.05) is 13.2 Å². The summed E-state index contributed by atoms with van der Waals surface area (Å²) in [6.45, 7) is 6.34. The van der Waals surface area contributed by atoms with Gasteiger partial charge >= 0.3 is 17.9 Å². The van der Waals surface area contributed by atoms with Gasteiger partial charge in [-0.25, -0.2) is 0 Å². The summed E-state index contributed by atoms with van der Waals surface area (Å²) in [4.78, 5) is 38.3. The average Bonchev–Trinajstić information content (AvgIpc) is 3.49. The van der Waals surface area contributed by atoms with E-state index in [0.717, 1.165) is 116 Å². The number of allylic oxidation sites excluding steroid dienone is 22. The predicted octanol–water partition coefficient (Wildman–Crippen LogP) is 24.1. The molecular formula is C77H128O6. The van der Waals surface area contributed by atoms with E-state index in [9.17, 15) is 14.4 Å². The van der Waals surface area contributed by atoms with Crippen LogP contribution in [0.4, 0.5) is 0 Å². The van der Waals surface area contributed by atoms with Crippen LogP contribution in [0.1, 0.15) is 316 Å². The quantitative estimate of drug-likeness (QED) is 0.0261. The van der Waals surface area contributed by atoms with Gasteiger partial charge in [0.2, 0.25) is 0 Å². The van der Waals surface area contributed by atoms with Crippen molar-refractivity contribution in [3.63, 3.8) is 0 Å². The fourth-order valence-electron chi connectivity index (χ4n) is 9.52. The third-order valence-electron chi connectivity index (χ3n) is 14.6. The normalized spacial score (nSPS) is 13.0. The van der Waals surface area contributed by atoms with Crippen LogP contribution in [0.5, 0.6) is 0 Å². The van der Waals surface area contributed by atoms with E-state index in [1.807, 2.05) is 6.08 Å². The highest BCUT2D eigenvalue weighted by Gasteiger charge is 2.19. The number of ether oxygens (including phenoxy) is 3. The molecule has 0 aliphatic heterocycles. The van der Waals surface area contributed by atoms with Crippen LogP contribution in [0, 0.1) is 0 Å². The van der Waals surface area contributed by atoms with Crippen LogP contribution in [-0.2, 0) is 28.6 Å². The van der Waals surface area contributed by atoms with E-state index < -0.39 is 6.10 Å². The van der Waals surface area contributed by atoms with E-state index in [0.29, 0.717) is 19.3 Å². The van der Waals surface area contributed by atoms with Gasteiger partial charge < -0.3 is 14.2 Å². The van der Waals surface area contributed by atoms with Gasteiger partial charge in [0.1, 0.15) is 13.2 Å². The van der Waals surface area contributed by atoms with Gasteiger partial charge in [0, 0.05) is 19.3 Å². The van der Waals surface area contributed by atoms with Gasteiger partial charge in [-0.1, -0.05) is 309 Å². The maximum absolute atomic E-state index is 12.9. The molecule has 0 aliphatic carbocycles. The molecule has 0 heterocycles. The van der Waals surface area contributed by atoms with Crippen molar-refractivity contribution >= 4 is 17.9 Å². The van der Waals surface area contributed by atoms with Gasteiger partial charge in [-0.05, 0) is 122 Å². The number of rotatable bonds is 62. The standard InChI is InChI=1S/C77H128O6/c1-4-7-10-13-16-19-22-25-27-29-31-32-33-34-35-36-37-38-39-40-41-42-43-44-46-47-49-52-55-58-61-64-67-70-76(79)82-73-74(72-81-75(78)69-66-63-60-57-54-51-24-21-18-15-12-9-6-3)83-77(80)71-68-65-62-59-56-53-50-48-45-30-28-26-23-20-17-14-11-8-5-2/h8-9,11-12,17-18,20-22,25-26,28-29,31,33-34,45,48,51,54,60,63,74H,4-7,10,13-16,19,23-24,27,30,32,35-44,46-47,49-50,52-53,55-59,61-62,64-73H2,1-3H3/b11-8-,12-9-,20-17-,21-18-,25-22-,28-26-,31-29-,34-33-,48-45-,54-51-,63-60-. The molecule has 0 N–H and O–H groups in total. The molecule has 1 atom stereocenters. The molecule has 0 bridgehead atoms. The van der Waals surface area contributed by atoms with E-state index in [1.54, 1.807) is 0 Å². The van der Waals surface area contributed by atoms with E-state index in [2.05, 4.69) is 148 Å². The third-order valence-corrected chi connectivity index (χ3v) is 14.6. The first kappa shape index (κ1) is 78.5. The summed E-state index contributed by atoms with van der Waals surface area (Å²) >= 11 is 0. The summed E-state index contributed by atoms with van der Waals surface area (Å²) in [7, 11) is 0. The van der Waals surface area contributed by atoms with Gasteiger partial charge in [-0.3, -0.25) is 14.4 Å². The van der Waals surface area contributed by atoms with Gasteiger partial charge in [0.25, 0.3) is 0 Å². The number of unbranched alkanes of at least 4 members (excludes halogenated alkanes) is 29. The fourth-order valence-corrected chi connectivity index (χ4v) is 9.52. The van der Waals surface area contributed by atoms with Crippen molar-refractivity contribution in [3.05, 3.63) is 134 Å². The molecular weight excluding hydrogens is 1020 g/mol. The Hall–Kier alpha value is -4.45. The zero-order valence-electron chi connectivity index (χ0n) is 54.2. The lowest BCUT2D eigenvalue weighted by Gasteiger charge is -2.18. The Morgan fingerprint density at radius 1 is 0.253 bits per heavy atom. The molecule has 0 amide bonds. The minimum atomic E-state index is -0.819. The maximum atomic E-state index is 12.9. The Morgan fingerprint density at radius 3 is 0.807 bits per heavy atom. The molecule has 0 saturated carbocycles. The van der Waals surface area contributed by atoms with Crippen molar-refractivity contribution in [1.29, 1.82) is 0 Å². The second-order valence-corrected chi connectivity index (χ2v) is 22.7. The number of hydrogen-bond donors (Lipinski definition) is 0. The summed E-state index contributed by atoms with van der Waals surface area (Å²) in [5, 5.41) is 0. The van der Waals surface area contributed by atoms with Crippen molar-refractivity contribution in [1.82, 2.24) is 0 Å². The van der Waals surface area contributed by atoms with E-state index in [-0.39, 0.29) is 37.5 Å². The molecule has 0 aromatic heterocycles. The Kier molecular flexibility index (Phi) is 66.3. The van der Waals surface area contributed by atoms with Gasteiger partial charge in [0.15, 0.2) is 6.10 Å². The molecule has 0 spiro atoms. The highest BCUT2D eigenvalue weighted by Crippen LogP contribution is 2.17. The third kappa shape index (κ3) is 68.2. The molecule has 0 aromatic rings. The second kappa shape index (κ2) is 70.0. The molecule has 1 unspecified atom stereocenters. The van der Waals surface area contributed by atoms with Crippen molar-refractivity contribution in [2.45, 2.75) is 322 Å². The molecule has 472 valence electrons. The summed E-state index contributed by atoms with van der Waals surface area (Å²) in [6.07, 6.45) is 99.3. The highest BCUT2D eigenvalue weighted by atomic mass is 16.6. The molecule has 0 aliphatic rings. The van der Waals surface area contributed by atoms with Gasteiger partial charge in [0.05, 0.1) is 0 Å². The second-order valence-electron chi connectivity index (χ2n) is 22.7. The van der Waals surface area contributed by atoms with Crippen molar-refractivity contribution in [3.8, 4) is 0 Å². The molecule has 0 saturated heterocycles. The summed E-state index contributed by atoms with van der Waals surface area (Å²) in [5.74, 6) is -1.00. The Balaban J connectivity index is 4.24. The molecule has 0 rings (SSSR count). The van der Waals surface area contributed by atoms with Crippen LogP contribution in [0.3, 0.4) is 0 Å². The minimum Gasteiger partial charge on any atom is -0.462 e. The van der Waals surface area contributed by atoms with Crippen LogP contribution in [-0.4, -0.2) is 37.2 Å². The van der Waals surface area contributed by atoms with Gasteiger partial charge in [-0.15, -0.1) is 0 Å². The minimum absolute atomic E-state index is 0.108. The predicted molar refractivity (Wildman–Crippen MR) is 362 cm³/mol. The van der Waals surface area contributed by atoms with Crippen molar-refractivity contribution in [2.24, 2.45) is 0 Å².